The maximum Gasteiger partial charge on any atom is 0.422 e. The van der Waals surface area contributed by atoms with Crippen molar-refractivity contribution in [3.63, 3.8) is 0 Å². The Kier molecular flexibility index (Phi) is 6.84. The number of benzene rings is 1. The molecule has 0 aliphatic carbocycles. The van der Waals surface area contributed by atoms with E-state index < -0.39 is 24.7 Å². The minimum absolute atomic E-state index is 0.0386. The molecule has 0 aliphatic heterocycles. The first-order valence-electron chi connectivity index (χ1n) is 8.10. The highest BCUT2D eigenvalue weighted by atomic mass is 32.1. The molecule has 0 aliphatic rings. The fourth-order valence-corrected chi connectivity index (χ4v) is 2.80. The second-order valence-electron chi connectivity index (χ2n) is 6.09. The Morgan fingerprint density at radius 1 is 1.15 bits per heavy atom. The predicted molar refractivity (Wildman–Crippen MR) is 97.0 cm³/mol. The zero-order valence-corrected chi connectivity index (χ0v) is 15.5. The molecule has 27 heavy (non-hydrogen) atoms. The Labute approximate surface area is 158 Å². The fourth-order valence-electron chi connectivity index (χ4n) is 2.17. The number of carbonyl (C=O) groups is 2. The van der Waals surface area contributed by atoms with Crippen LogP contribution in [0.15, 0.2) is 41.8 Å². The number of amides is 2. The van der Waals surface area contributed by atoms with Crippen LogP contribution in [0.2, 0.25) is 0 Å². The Morgan fingerprint density at radius 3 is 2.33 bits per heavy atom. The van der Waals surface area contributed by atoms with Crippen molar-refractivity contribution in [3.05, 3.63) is 46.7 Å². The molecule has 2 rings (SSSR count). The molecule has 2 N–H and O–H groups in total. The summed E-state index contributed by atoms with van der Waals surface area (Å²) in [4.78, 5) is 25.2. The molecule has 9 heteroatoms. The Morgan fingerprint density at radius 2 is 1.81 bits per heavy atom. The largest absolute Gasteiger partial charge is 0.484 e. The molecule has 0 spiro atoms. The highest BCUT2D eigenvalue weighted by Crippen LogP contribution is 2.20. The summed E-state index contributed by atoms with van der Waals surface area (Å²) in [7, 11) is 0. The summed E-state index contributed by atoms with van der Waals surface area (Å²) in [6.45, 7) is 2.21. The highest BCUT2D eigenvalue weighted by Gasteiger charge is 2.28. The van der Waals surface area contributed by atoms with E-state index in [4.69, 9.17) is 0 Å². The van der Waals surface area contributed by atoms with Gasteiger partial charge in [-0.05, 0) is 41.6 Å². The van der Waals surface area contributed by atoms with Gasteiger partial charge in [-0.15, -0.1) is 11.3 Å². The third kappa shape index (κ3) is 6.59. The average molecular weight is 400 g/mol. The van der Waals surface area contributed by atoms with Crippen molar-refractivity contribution in [3.8, 4) is 5.75 Å². The average Bonchev–Trinajstić information content (AvgIpc) is 3.12. The number of carbonyl (C=O) groups excluding carboxylic acids is 2. The van der Waals surface area contributed by atoms with Gasteiger partial charge in [0.05, 0.1) is 4.88 Å². The molecule has 0 radical (unpaired) electrons. The molecule has 2 aromatic rings. The van der Waals surface area contributed by atoms with Crippen LogP contribution >= 0.6 is 11.3 Å². The van der Waals surface area contributed by atoms with Crippen molar-refractivity contribution in [2.75, 3.05) is 11.9 Å². The quantitative estimate of drug-likeness (QED) is 0.736. The maximum atomic E-state index is 12.5. The molecule has 0 saturated carbocycles. The molecular weight excluding hydrogens is 381 g/mol. The SMILES string of the molecule is CC(C)C(NC(=O)c1cccs1)C(=O)Nc1ccc(OCC(F)(F)F)cc1. The summed E-state index contributed by atoms with van der Waals surface area (Å²) in [5.41, 5.74) is 0.385. The number of hydrogen-bond donors (Lipinski definition) is 2. The van der Waals surface area contributed by atoms with Gasteiger partial charge in [0.1, 0.15) is 11.8 Å². The van der Waals surface area contributed by atoms with E-state index in [-0.39, 0.29) is 17.6 Å². The van der Waals surface area contributed by atoms with Crippen LogP contribution in [0, 0.1) is 5.92 Å². The molecule has 146 valence electrons. The van der Waals surface area contributed by atoms with Gasteiger partial charge >= 0.3 is 6.18 Å². The van der Waals surface area contributed by atoms with Crippen molar-refractivity contribution < 1.29 is 27.5 Å². The lowest BCUT2D eigenvalue weighted by atomic mass is 10.0. The van der Waals surface area contributed by atoms with E-state index in [1.165, 1.54) is 35.6 Å². The van der Waals surface area contributed by atoms with E-state index in [0.29, 0.717) is 10.6 Å². The zero-order valence-electron chi connectivity index (χ0n) is 14.7. The number of ether oxygens (including phenoxy) is 1. The van der Waals surface area contributed by atoms with Crippen LogP contribution in [0.5, 0.6) is 5.75 Å². The molecule has 0 saturated heterocycles. The lowest BCUT2D eigenvalue weighted by Gasteiger charge is -2.21. The van der Waals surface area contributed by atoms with Gasteiger partial charge in [0.2, 0.25) is 5.91 Å². The Bertz CT molecular complexity index is 759. The van der Waals surface area contributed by atoms with E-state index in [9.17, 15) is 22.8 Å². The molecule has 0 fully saturated rings. The van der Waals surface area contributed by atoms with E-state index >= 15 is 0 Å². The van der Waals surface area contributed by atoms with Crippen LogP contribution in [-0.2, 0) is 4.79 Å². The highest BCUT2D eigenvalue weighted by molar-refractivity contribution is 7.12. The molecule has 1 atom stereocenters. The number of rotatable bonds is 7. The first-order valence-corrected chi connectivity index (χ1v) is 8.98. The number of nitrogens with one attached hydrogen (secondary N) is 2. The van der Waals surface area contributed by atoms with Gasteiger partial charge in [0, 0.05) is 5.69 Å². The standard InChI is InChI=1S/C18H19F3N2O3S/c1-11(2)15(23-16(24)14-4-3-9-27-14)17(25)22-12-5-7-13(8-6-12)26-10-18(19,20)21/h3-9,11,15H,10H2,1-2H3,(H,22,25)(H,23,24). The van der Waals surface area contributed by atoms with Gasteiger partial charge in [-0.25, -0.2) is 0 Å². The lowest BCUT2D eigenvalue weighted by molar-refractivity contribution is -0.153. The number of halogens is 3. The smallest absolute Gasteiger partial charge is 0.422 e. The van der Waals surface area contributed by atoms with Crippen LogP contribution in [0.1, 0.15) is 23.5 Å². The first-order chi connectivity index (χ1) is 12.7. The molecule has 1 heterocycles. The molecular formula is C18H19F3N2O3S. The van der Waals surface area contributed by atoms with Crippen molar-refractivity contribution >= 4 is 28.8 Å². The number of hydrogen-bond acceptors (Lipinski definition) is 4. The summed E-state index contributed by atoms with van der Waals surface area (Å²) < 4.78 is 41.1. The van der Waals surface area contributed by atoms with Crippen LogP contribution in [-0.4, -0.2) is 30.6 Å². The second-order valence-corrected chi connectivity index (χ2v) is 7.04. The van der Waals surface area contributed by atoms with Crippen molar-refractivity contribution in [2.45, 2.75) is 26.1 Å². The minimum Gasteiger partial charge on any atom is -0.484 e. The fraction of sp³-hybridized carbons (Fsp3) is 0.333. The molecule has 0 bridgehead atoms. The predicted octanol–water partition coefficient (Wildman–Crippen LogP) is 4.08. The van der Waals surface area contributed by atoms with Gasteiger partial charge < -0.3 is 15.4 Å². The van der Waals surface area contributed by atoms with Crippen LogP contribution < -0.4 is 15.4 Å². The van der Waals surface area contributed by atoms with Crippen LogP contribution in [0.3, 0.4) is 0 Å². The summed E-state index contributed by atoms with van der Waals surface area (Å²) in [5, 5.41) is 7.11. The molecule has 5 nitrogen and oxygen atoms in total. The van der Waals surface area contributed by atoms with Crippen molar-refractivity contribution in [2.24, 2.45) is 5.92 Å². The van der Waals surface area contributed by atoms with Gasteiger partial charge in [-0.3, -0.25) is 9.59 Å². The van der Waals surface area contributed by atoms with Gasteiger partial charge in [0.15, 0.2) is 6.61 Å². The number of alkyl halides is 3. The summed E-state index contributed by atoms with van der Waals surface area (Å²) >= 11 is 1.27. The van der Waals surface area contributed by atoms with Gasteiger partial charge in [-0.1, -0.05) is 19.9 Å². The molecule has 2 amide bonds. The third-order valence-corrected chi connectivity index (χ3v) is 4.37. The lowest BCUT2D eigenvalue weighted by Crippen LogP contribution is -2.46. The van der Waals surface area contributed by atoms with E-state index in [1.54, 1.807) is 31.4 Å². The minimum atomic E-state index is -4.42. The van der Waals surface area contributed by atoms with Crippen molar-refractivity contribution in [1.82, 2.24) is 5.32 Å². The summed E-state index contributed by atoms with van der Waals surface area (Å²) in [6.07, 6.45) is -4.42. The Balaban J connectivity index is 1.97. The first kappa shape index (κ1) is 20.8. The normalized spacial score (nSPS) is 12.5. The van der Waals surface area contributed by atoms with Crippen molar-refractivity contribution in [1.29, 1.82) is 0 Å². The second kappa shape index (κ2) is 8.90. The van der Waals surface area contributed by atoms with Gasteiger partial charge in [0.25, 0.3) is 5.91 Å². The monoisotopic (exact) mass is 400 g/mol. The zero-order chi connectivity index (χ0) is 20.0. The molecule has 1 aromatic heterocycles. The van der Waals surface area contributed by atoms with Crippen LogP contribution in [0.4, 0.5) is 18.9 Å². The molecule has 1 aromatic carbocycles. The molecule has 1 unspecified atom stereocenters. The summed E-state index contributed by atoms with van der Waals surface area (Å²) in [5.74, 6) is -0.881. The van der Waals surface area contributed by atoms with E-state index in [1.807, 2.05) is 0 Å². The van der Waals surface area contributed by atoms with E-state index in [0.717, 1.165) is 0 Å². The van der Waals surface area contributed by atoms with E-state index in [2.05, 4.69) is 15.4 Å². The topological polar surface area (TPSA) is 67.4 Å². The van der Waals surface area contributed by atoms with Gasteiger partial charge in [-0.2, -0.15) is 13.2 Å². The Hall–Kier alpha value is -2.55. The maximum absolute atomic E-state index is 12.5. The number of thiophene rings is 1. The van der Waals surface area contributed by atoms with Crippen LogP contribution in [0.25, 0.3) is 0 Å². The number of anilines is 1. The summed E-state index contributed by atoms with van der Waals surface area (Å²) in [6, 6.07) is 8.16. The third-order valence-electron chi connectivity index (χ3n) is 3.51.